The van der Waals surface area contributed by atoms with Crippen molar-refractivity contribution in [3.8, 4) is 0 Å². The molecule has 1 aliphatic rings. The molecule has 1 atom stereocenters. The minimum atomic E-state index is -0.691. The molecule has 1 unspecified atom stereocenters. The maximum Gasteiger partial charge on any atom is 0.247 e. The summed E-state index contributed by atoms with van der Waals surface area (Å²) >= 11 is 0. The van der Waals surface area contributed by atoms with Crippen molar-refractivity contribution in [1.29, 1.82) is 0 Å². The summed E-state index contributed by atoms with van der Waals surface area (Å²) in [7, 11) is 0. The van der Waals surface area contributed by atoms with Crippen LogP contribution in [0.5, 0.6) is 0 Å². The highest BCUT2D eigenvalue weighted by molar-refractivity contribution is 5.97. The monoisotopic (exact) mass is 349 g/mol. The smallest absolute Gasteiger partial charge is 0.247 e. The fourth-order valence-corrected chi connectivity index (χ4v) is 2.98. The fourth-order valence-electron chi connectivity index (χ4n) is 2.98. The topological polar surface area (TPSA) is 70.2 Å². The summed E-state index contributed by atoms with van der Waals surface area (Å²) in [5.41, 5.74) is 1.75. The Bertz CT molecular complexity index is 644. The Balaban J connectivity index is 2.12. The van der Waals surface area contributed by atoms with Crippen molar-refractivity contribution < 1.29 is 14.0 Å². The molecule has 1 aromatic carbocycles. The SMILES string of the molecule is CC(C)CC(=O)NC(C(=O)Nc1ccc2c(c1F)CCNC2)C(C)C. The molecule has 1 aromatic rings. The molecule has 1 heterocycles. The van der Waals surface area contributed by atoms with Gasteiger partial charge in [-0.2, -0.15) is 0 Å². The van der Waals surface area contributed by atoms with E-state index >= 15 is 0 Å². The number of rotatable bonds is 6. The van der Waals surface area contributed by atoms with Gasteiger partial charge >= 0.3 is 0 Å². The molecular weight excluding hydrogens is 321 g/mol. The number of halogens is 1. The first kappa shape index (κ1) is 19.4. The standard InChI is InChI=1S/C19H28FN3O2/c1-11(2)9-16(24)23-18(12(3)4)19(25)22-15-6-5-13-10-21-8-7-14(13)17(15)20/h5-6,11-12,18,21H,7-10H2,1-4H3,(H,22,25)(H,23,24). The van der Waals surface area contributed by atoms with E-state index in [1.807, 2.05) is 33.8 Å². The highest BCUT2D eigenvalue weighted by atomic mass is 19.1. The summed E-state index contributed by atoms with van der Waals surface area (Å²) in [4.78, 5) is 24.6. The van der Waals surface area contributed by atoms with Gasteiger partial charge in [-0.15, -0.1) is 0 Å². The van der Waals surface area contributed by atoms with Crippen LogP contribution in [-0.4, -0.2) is 24.4 Å². The van der Waals surface area contributed by atoms with E-state index in [1.165, 1.54) is 0 Å². The molecule has 0 spiro atoms. The second-order valence-corrected chi connectivity index (χ2v) is 7.37. The van der Waals surface area contributed by atoms with E-state index in [9.17, 15) is 14.0 Å². The molecule has 2 amide bonds. The number of fused-ring (bicyclic) bond motifs is 1. The predicted octanol–water partition coefficient (Wildman–Crippen LogP) is 2.60. The molecule has 0 aromatic heterocycles. The van der Waals surface area contributed by atoms with Gasteiger partial charge in [-0.3, -0.25) is 9.59 Å². The first-order chi connectivity index (χ1) is 11.8. The van der Waals surface area contributed by atoms with Crippen LogP contribution in [-0.2, 0) is 22.6 Å². The largest absolute Gasteiger partial charge is 0.344 e. The summed E-state index contributed by atoms with van der Waals surface area (Å²) in [6.07, 6.45) is 0.959. The quantitative estimate of drug-likeness (QED) is 0.739. The minimum Gasteiger partial charge on any atom is -0.344 e. The molecule has 25 heavy (non-hydrogen) atoms. The van der Waals surface area contributed by atoms with E-state index < -0.39 is 6.04 Å². The van der Waals surface area contributed by atoms with Crippen molar-refractivity contribution >= 4 is 17.5 Å². The molecule has 5 nitrogen and oxygen atoms in total. The van der Waals surface area contributed by atoms with Gasteiger partial charge in [0.05, 0.1) is 5.69 Å². The van der Waals surface area contributed by atoms with E-state index in [0.717, 1.165) is 12.1 Å². The number of amides is 2. The third-order valence-corrected chi connectivity index (χ3v) is 4.32. The maximum absolute atomic E-state index is 14.7. The molecule has 6 heteroatoms. The molecule has 2 rings (SSSR count). The Morgan fingerprint density at radius 3 is 2.60 bits per heavy atom. The Labute approximate surface area is 148 Å². The van der Waals surface area contributed by atoms with E-state index in [0.29, 0.717) is 24.9 Å². The first-order valence-electron chi connectivity index (χ1n) is 8.90. The summed E-state index contributed by atoms with van der Waals surface area (Å²) in [5.74, 6) is -0.812. The normalized spacial score (nSPS) is 15.0. The van der Waals surface area contributed by atoms with Gasteiger partial charge in [0.2, 0.25) is 11.8 Å². The van der Waals surface area contributed by atoms with Crippen molar-refractivity contribution in [2.75, 3.05) is 11.9 Å². The Morgan fingerprint density at radius 1 is 1.24 bits per heavy atom. The van der Waals surface area contributed by atoms with Gasteiger partial charge in [-0.25, -0.2) is 4.39 Å². The number of hydrogen-bond donors (Lipinski definition) is 3. The van der Waals surface area contributed by atoms with Crippen LogP contribution < -0.4 is 16.0 Å². The molecule has 0 aliphatic carbocycles. The second kappa shape index (κ2) is 8.43. The maximum atomic E-state index is 14.7. The molecule has 0 saturated heterocycles. The van der Waals surface area contributed by atoms with Gasteiger partial charge in [0.1, 0.15) is 11.9 Å². The zero-order chi connectivity index (χ0) is 18.6. The van der Waals surface area contributed by atoms with Crippen molar-refractivity contribution in [3.63, 3.8) is 0 Å². The van der Waals surface area contributed by atoms with Crippen LogP contribution in [0.4, 0.5) is 10.1 Å². The molecule has 1 aliphatic heterocycles. The second-order valence-electron chi connectivity index (χ2n) is 7.37. The van der Waals surface area contributed by atoms with Crippen LogP contribution in [0.15, 0.2) is 12.1 Å². The summed E-state index contributed by atoms with van der Waals surface area (Å²) in [6, 6.07) is 2.73. The Hall–Kier alpha value is -1.95. The summed E-state index contributed by atoms with van der Waals surface area (Å²) < 4.78 is 14.7. The zero-order valence-corrected chi connectivity index (χ0v) is 15.4. The predicted molar refractivity (Wildman–Crippen MR) is 96.7 cm³/mol. The van der Waals surface area contributed by atoms with E-state index in [-0.39, 0.29) is 35.2 Å². The van der Waals surface area contributed by atoms with E-state index in [1.54, 1.807) is 6.07 Å². The van der Waals surface area contributed by atoms with Crippen molar-refractivity contribution in [2.24, 2.45) is 11.8 Å². The number of benzene rings is 1. The molecule has 0 fully saturated rings. The van der Waals surface area contributed by atoms with Gasteiger partial charge < -0.3 is 16.0 Å². The Morgan fingerprint density at radius 2 is 1.96 bits per heavy atom. The lowest BCUT2D eigenvalue weighted by atomic mass is 9.98. The van der Waals surface area contributed by atoms with Crippen LogP contribution in [0.25, 0.3) is 0 Å². The first-order valence-corrected chi connectivity index (χ1v) is 8.90. The van der Waals surface area contributed by atoms with Crippen molar-refractivity contribution in [3.05, 3.63) is 29.1 Å². The summed E-state index contributed by atoms with van der Waals surface area (Å²) in [6.45, 7) is 8.97. The average Bonchev–Trinajstić information content (AvgIpc) is 2.54. The number of anilines is 1. The lowest BCUT2D eigenvalue weighted by molar-refractivity contribution is -0.127. The molecule has 0 bridgehead atoms. The van der Waals surface area contributed by atoms with Crippen molar-refractivity contribution in [1.82, 2.24) is 10.6 Å². The molecular formula is C19H28FN3O2. The Kier molecular flexibility index (Phi) is 6.53. The highest BCUT2D eigenvalue weighted by Gasteiger charge is 2.26. The van der Waals surface area contributed by atoms with Crippen molar-refractivity contribution in [2.45, 2.75) is 53.1 Å². The fraction of sp³-hybridized carbons (Fsp3) is 0.579. The van der Waals surface area contributed by atoms with Gasteiger partial charge in [-0.05, 0) is 42.0 Å². The molecule has 3 N–H and O–H groups in total. The van der Waals surface area contributed by atoms with Crippen LogP contribution in [0.3, 0.4) is 0 Å². The molecule has 138 valence electrons. The number of carbonyl (C=O) groups is 2. The number of carbonyl (C=O) groups excluding carboxylic acids is 2. The lowest BCUT2D eigenvalue weighted by Gasteiger charge is -2.24. The lowest BCUT2D eigenvalue weighted by Crippen LogP contribution is -2.47. The number of hydrogen-bond acceptors (Lipinski definition) is 3. The van der Waals surface area contributed by atoms with Gasteiger partial charge in [0.15, 0.2) is 0 Å². The molecule has 0 saturated carbocycles. The van der Waals surface area contributed by atoms with Crippen LogP contribution in [0.1, 0.15) is 45.2 Å². The molecule has 0 radical (unpaired) electrons. The summed E-state index contributed by atoms with van der Waals surface area (Å²) in [5, 5.41) is 8.61. The van der Waals surface area contributed by atoms with Gasteiger partial charge in [0, 0.05) is 13.0 Å². The van der Waals surface area contributed by atoms with E-state index in [2.05, 4.69) is 16.0 Å². The van der Waals surface area contributed by atoms with Crippen LogP contribution in [0, 0.1) is 17.7 Å². The highest BCUT2D eigenvalue weighted by Crippen LogP contribution is 2.25. The van der Waals surface area contributed by atoms with Crippen LogP contribution in [0.2, 0.25) is 0 Å². The van der Waals surface area contributed by atoms with Gasteiger partial charge in [0.25, 0.3) is 0 Å². The number of nitrogens with one attached hydrogen (secondary N) is 3. The third-order valence-electron chi connectivity index (χ3n) is 4.32. The van der Waals surface area contributed by atoms with Crippen LogP contribution >= 0.6 is 0 Å². The minimum absolute atomic E-state index is 0.0963. The van der Waals surface area contributed by atoms with E-state index in [4.69, 9.17) is 0 Å². The average molecular weight is 349 g/mol. The van der Waals surface area contributed by atoms with Gasteiger partial charge in [-0.1, -0.05) is 33.8 Å². The third kappa shape index (κ3) is 5.01. The zero-order valence-electron chi connectivity index (χ0n) is 15.4.